The quantitative estimate of drug-likeness (QED) is 0.739. The second kappa shape index (κ2) is 6.04. The van der Waals surface area contributed by atoms with Gasteiger partial charge in [0.25, 0.3) is 0 Å². The third kappa shape index (κ3) is 3.44. The molecule has 0 spiro atoms. The Kier molecular flexibility index (Phi) is 4.10. The van der Waals surface area contributed by atoms with Gasteiger partial charge in [-0.1, -0.05) is 18.0 Å². The van der Waals surface area contributed by atoms with Crippen molar-refractivity contribution < 1.29 is 14.1 Å². The van der Waals surface area contributed by atoms with Gasteiger partial charge in [-0.05, 0) is 25.7 Å². The highest BCUT2D eigenvalue weighted by molar-refractivity contribution is 5.95. The van der Waals surface area contributed by atoms with Crippen LogP contribution in [0.3, 0.4) is 0 Å². The summed E-state index contributed by atoms with van der Waals surface area (Å²) in [6, 6.07) is -0.200. The van der Waals surface area contributed by atoms with Crippen molar-refractivity contribution in [1.29, 1.82) is 0 Å². The first kappa shape index (κ1) is 15.0. The fourth-order valence-corrected chi connectivity index (χ4v) is 2.82. The smallest absolute Gasteiger partial charge is 0.321 e. The fourth-order valence-electron chi connectivity index (χ4n) is 2.82. The fraction of sp³-hybridized carbons (Fsp3) is 0.714. The summed E-state index contributed by atoms with van der Waals surface area (Å²) in [6.07, 6.45) is 5.77. The number of hydrogen-bond acceptors (Lipinski definition) is 6. The van der Waals surface area contributed by atoms with Crippen molar-refractivity contribution in [3.63, 3.8) is 0 Å². The predicted octanol–water partition coefficient (Wildman–Crippen LogP) is 0.725. The van der Waals surface area contributed by atoms with Crippen LogP contribution in [0.5, 0.6) is 0 Å². The van der Waals surface area contributed by atoms with Crippen LogP contribution in [0.15, 0.2) is 4.52 Å². The van der Waals surface area contributed by atoms with E-state index >= 15 is 0 Å². The number of aromatic nitrogens is 2. The zero-order valence-electron chi connectivity index (χ0n) is 12.6. The largest absolute Gasteiger partial charge is 0.340 e. The summed E-state index contributed by atoms with van der Waals surface area (Å²) < 4.78 is 5.06. The summed E-state index contributed by atoms with van der Waals surface area (Å²) in [6.45, 7) is 1.79. The molecule has 3 N–H and O–H groups in total. The highest BCUT2D eigenvalue weighted by Crippen LogP contribution is 2.37. The van der Waals surface area contributed by atoms with Gasteiger partial charge in [-0.15, -0.1) is 0 Å². The first-order valence-electron chi connectivity index (χ1n) is 7.74. The van der Waals surface area contributed by atoms with Crippen molar-refractivity contribution in [2.75, 3.05) is 6.54 Å². The molecule has 8 heteroatoms. The van der Waals surface area contributed by atoms with Crippen molar-refractivity contribution in [2.45, 2.75) is 57.0 Å². The molecule has 8 nitrogen and oxygen atoms in total. The van der Waals surface area contributed by atoms with Gasteiger partial charge in [0.05, 0.1) is 12.1 Å². The predicted molar refractivity (Wildman–Crippen MR) is 76.9 cm³/mol. The highest BCUT2D eigenvalue weighted by Gasteiger charge is 2.39. The van der Waals surface area contributed by atoms with E-state index in [4.69, 9.17) is 4.52 Å². The molecule has 3 amide bonds. The average molecular weight is 307 g/mol. The summed E-state index contributed by atoms with van der Waals surface area (Å²) in [7, 11) is 0. The molecule has 0 bridgehead atoms. The molecule has 120 valence electrons. The van der Waals surface area contributed by atoms with Gasteiger partial charge in [-0.3, -0.25) is 15.4 Å². The number of carbonyl (C=O) groups is 2. The molecule has 0 saturated heterocycles. The van der Waals surface area contributed by atoms with E-state index in [9.17, 15) is 9.59 Å². The number of carbonyl (C=O) groups excluding carboxylic acids is 2. The van der Waals surface area contributed by atoms with Crippen molar-refractivity contribution in [2.24, 2.45) is 0 Å². The van der Waals surface area contributed by atoms with E-state index in [1.807, 2.05) is 0 Å². The Balaban J connectivity index is 1.55. The van der Waals surface area contributed by atoms with Gasteiger partial charge >= 0.3 is 6.03 Å². The minimum Gasteiger partial charge on any atom is -0.340 e. The minimum atomic E-state index is -0.429. The van der Waals surface area contributed by atoms with Gasteiger partial charge < -0.3 is 9.84 Å². The molecule has 3 rings (SSSR count). The van der Waals surface area contributed by atoms with Crippen LogP contribution in [0, 0.1) is 6.92 Å². The lowest BCUT2D eigenvalue weighted by molar-refractivity contribution is -0.119. The number of imide groups is 1. The number of urea groups is 1. The van der Waals surface area contributed by atoms with E-state index in [1.54, 1.807) is 6.92 Å². The topological polar surface area (TPSA) is 109 Å². The molecular weight excluding hydrogens is 286 g/mol. The van der Waals surface area contributed by atoms with E-state index in [0.717, 1.165) is 38.5 Å². The van der Waals surface area contributed by atoms with Crippen molar-refractivity contribution in [1.82, 2.24) is 26.1 Å². The van der Waals surface area contributed by atoms with Crippen LogP contribution in [-0.2, 0) is 10.3 Å². The maximum absolute atomic E-state index is 11.9. The number of amides is 3. The number of aryl methyl sites for hydroxylation is 1. The molecule has 2 fully saturated rings. The molecule has 1 heterocycles. The SMILES string of the molecule is Cc1nc(C2(NCC(=O)NC(=O)NC3CC3)CCCC2)no1. The van der Waals surface area contributed by atoms with Gasteiger partial charge in [-0.2, -0.15) is 4.98 Å². The first-order chi connectivity index (χ1) is 10.6. The number of nitrogens with zero attached hydrogens (tertiary/aromatic N) is 2. The summed E-state index contributed by atoms with van der Waals surface area (Å²) in [4.78, 5) is 27.7. The van der Waals surface area contributed by atoms with Crippen LogP contribution in [0.25, 0.3) is 0 Å². The Bertz CT molecular complexity index is 561. The summed E-state index contributed by atoms with van der Waals surface area (Å²) in [5.74, 6) is 0.749. The van der Waals surface area contributed by atoms with Crippen LogP contribution in [-0.4, -0.2) is 34.7 Å². The van der Waals surface area contributed by atoms with E-state index in [1.165, 1.54) is 0 Å². The van der Waals surface area contributed by atoms with E-state index in [-0.39, 0.29) is 18.5 Å². The Morgan fingerprint density at radius 2 is 2.05 bits per heavy atom. The monoisotopic (exact) mass is 307 g/mol. The van der Waals surface area contributed by atoms with Crippen LogP contribution in [0.1, 0.15) is 50.2 Å². The normalized spacial score (nSPS) is 19.9. The lowest BCUT2D eigenvalue weighted by Gasteiger charge is -2.26. The number of rotatable bonds is 5. The molecule has 1 aromatic rings. The molecule has 0 radical (unpaired) electrons. The second-order valence-corrected chi connectivity index (χ2v) is 6.08. The van der Waals surface area contributed by atoms with E-state index in [0.29, 0.717) is 11.7 Å². The molecule has 22 heavy (non-hydrogen) atoms. The zero-order chi connectivity index (χ0) is 15.6. The molecule has 2 aliphatic carbocycles. The summed E-state index contributed by atoms with van der Waals surface area (Å²) >= 11 is 0. The van der Waals surface area contributed by atoms with Gasteiger partial charge in [0.2, 0.25) is 11.8 Å². The molecule has 0 aliphatic heterocycles. The van der Waals surface area contributed by atoms with Gasteiger partial charge in [0.15, 0.2) is 5.82 Å². The minimum absolute atomic E-state index is 0.0473. The Hall–Kier alpha value is -1.96. The molecule has 2 aliphatic rings. The Morgan fingerprint density at radius 3 is 2.64 bits per heavy atom. The zero-order valence-corrected chi connectivity index (χ0v) is 12.6. The molecule has 1 aromatic heterocycles. The molecular formula is C14H21N5O3. The van der Waals surface area contributed by atoms with Gasteiger partial charge in [0.1, 0.15) is 0 Å². The van der Waals surface area contributed by atoms with Gasteiger partial charge in [0, 0.05) is 13.0 Å². The maximum Gasteiger partial charge on any atom is 0.321 e. The van der Waals surface area contributed by atoms with Gasteiger partial charge in [-0.25, -0.2) is 4.79 Å². The molecule has 0 aromatic carbocycles. The standard InChI is InChI=1S/C14H21N5O3/c1-9-16-12(19-22-9)14(6-2-3-7-14)15-8-11(20)18-13(21)17-10-4-5-10/h10,15H,2-8H2,1H3,(H2,17,18,20,21). The van der Waals surface area contributed by atoms with Crippen molar-refractivity contribution >= 4 is 11.9 Å². The highest BCUT2D eigenvalue weighted by atomic mass is 16.5. The van der Waals surface area contributed by atoms with Crippen LogP contribution in [0.2, 0.25) is 0 Å². The number of nitrogens with one attached hydrogen (secondary N) is 3. The third-order valence-corrected chi connectivity index (χ3v) is 4.17. The van der Waals surface area contributed by atoms with Crippen LogP contribution >= 0.6 is 0 Å². The van der Waals surface area contributed by atoms with Crippen molar-refractivity contribution in [3.05, 3.63) is 11.7 Å². The molecule has 0 atom stereocenters. The maximum atomic E-state index is 11.9. The van der Waals surface area contributed by atoms with E-state index < -0.39 is 11.6 Å². The molecule has 2 saturated carbocycles. The Morgan fingerprint density at radius 1 is 1.32 bits per heavy atom. The first-order valence-corrected chi connectivity index (χ1v) is 7.74. The van der Waals surface area contributed by atoms with Crippen LogP contribution < -0.4 is 16.0 Å². The van der Waals surface area contributed by atoms with E-state index in [2.05, 4.69) is 26.1 Å². The van der Waals surface area contributed by atoms with Crippen molar-refractivity contribution in [3.8, 4) is 0 Å². The Labute approximate surface area is 128 Å². The summed E-state index contributed by atoms with van der Waals surface area (Å²) in [5.41, 5.74) is -0.429. The average Bonchev–Trinajstić information content (AvgIpc) is 2.99. The third-order valence-electron chi connectivity index (χ3n) is 4.17. The number of hydrogen-bond donors (Lipinski definition) is 3. The summed E-state index contributed by atoms with van der Waals surface area (Å²) in [5, 5.41) is 12.3. The molecule has 0 unspecified atom stereocenters. The lowest BCUT2D eigenvalue weighted by Crippen LogP contribution is -2.49. The second-order valence-electron chi connectivity index (χ2n) is 6.08. The van der Waals surface area contributed by atoms with Crippen LogP contribution in [0.4, 0.5) is 4.79 Å². The lowest BCUT2D eigenvalue weighted by atomic mass is 9.96.